The van der Waals surface area contributed by atoms with Crippen LogP contribution in [0.15, 0.2) is 48.5 Å². The van der Waals surface area contributed by atoms with Crippen molar-refractivity contribution in [3.63, 3.8) is 0 Å². The summed E-state index contributed by atoms with van der Waals surface area (Å²) in [6.45, 7) is 0.274. The lowest BCUT2D eigenvalue weighted by atomic mass is 10.2. The van der Waals surface area contributed by atoms with Gasteiger partial charge in [-0.2, -0.15) is 0 Å². The molecule has 2 aromatic rings. The first-order chi connectivity index (χ1) is 10.6. The van der Waals surface area contributed by atoms with Crippen molar-refractivity contribution in [1.29, 1.82) is 0 Å². The van der Waals surface area contributed by atoms with Crippen LogP contribution in [0, 0.1) is 0 Å². The molecule has 22 heavy (non-hydrogen) atoms. The number of carbonyl (C=O) groups excluding carboxylic acids is 1. The number of nitrogens with zero attached hydrogens (tertiary/aromatic N) is 1. The number of carboxylic acid groups (broad SMARTS) is 1. The molecular formula is C16H15ClNO4-. The van der Waals surface area contributed by atoms with Gasteiger partial charge in [-0.3, -0.25) is 0 Å². The van der Waals surface area contributed by atoms with Gasteiger partial charge in [-0.15, -0.1) is 0 Å². The molecule has 116 valence electrons. The molecule has 1 amide bonds. The van der Waals surface area contributed by atoms with Crippen molar-refractivity contribution >= 4 is 23.4 Å². The Morgan fingerprint density at radius 2 is 1.77 bits per heavy atom. The van der Waals surface area contributed by atoms with Crippen LogP contribution < -0.4 is 14.7 Å². The van der Waals surface area contributed by atoms with Crippen LogP contribution in [0.1, 0.15) is 5.56 Å². The summed E-state index contributed by atoms with van der Waals surface area (Å²) in [7, 11) is 0. The van der Waals surface area contributed by atoms with Crippen LogP contribution in [0.25, 0.3) is 0 Å². The van der Waals surface area contributed by atoms with Crippen LogP contribution in [0.5, 0.6) is 5.75 Å². The second kappa shape index (κ2) is 7.68. The largest absolute Gasteiger partial charge is 0.530 e. The van der Waals surface area contributed by atoms with Gasteiger partial charge in [-0.1, -0.05) is 23.7 Å². The van der Waals surface area contributed by atoms with E-state index in [0.717, 1.165) is 10.5 Å². The van der Waals surface area contributed by atoms with E-state index in [-0.39, 0.29) is 19.8 Å². The molecule has 0 atom stereocenters. The molecule has 5 nitrogen and oxygen atoms in total. The van der Waals surface area contributed by atoms with Crippen molar-refractivity contribution in [2.45, 2.75) is 6.61 Å². The van der Waals surface area contributed by atoms with Crippen LogP contribution in [-0.4, -0.2) is 24.4 Å². The first-order valence-electron chi connectivity index (χ1n) is 6.67. The Balaban J connectivity index is 1.94. The van der Waals surface area contributed by atoms with Gasteiger partial charge in [0, 0.05) is 10.7 Å². The van der Waals surface area contributed by atoms with Crippen LogP contribution >= 0.6 is 11.6 Å². The number of aliphatic hydroxyl groups is 1. The van der Waals surface area contributed by atoms with E-state index in [4.69, 9.17) is 21.4 Å². The molecule has 2 aromatic carbocycles. The van der Waals surface area contributed by atoms with Crippen LogP contribution in [0.3, 0.4) is 0 Å². The molecule has 0 heterocycles. The maximum absolute atomic E-state index is 11.2. The second-order valence-corrected chi connectivity index (χ2v) is 4.98. The average molecular weight is 321 g/mol. The Bertz CT molecular complexity index is 613. The summed E-state index contributed by atoms with van der Waals surface area (Å²) in [4.78, 5) is 12.3. The SMILES string of the molecule is O=C([O-])N(CCOc1ccc(CO)cc1)c1ccc(Cl)cc1. The van der Waals surface area contributed by atoms with Gasteiger partial charge < -0.3 is 24.6 Å². The van der Waals surface area contributed by atoms with Gasteiger partial charge in [0.1, 0.15) is 18.4 Å². The third-order valence-corrected chi connectivity index (χ3v) is 3.30. The van der Waals surface area contributed by atoms with E-state index in [9.17, 15) is 9.90 Å². The smallest absolute Gasteiger partial charge is 0.141 e. The summed E-state index contributed by atoms with van der Waals surface area (Å²) in [6.07, 6.45) is -1.30. The summed E-state index contributed by atoms with van der Waals surface area (Å²) in [5, 5.41) is 20.7. The molecule has 0 radical (unpaired) electrons. The minimum atomic E-state index is -1.30. The molecular weight excluding hydrogens is 306 g/mol. The van der Waals surface area contributed by atoms with Gasteiger partial charge in [-0.25, -0.2) is 0 Å². The number of aliphatic hydroxyl groups excluding tert-OH is 1. The van der Waals surface area contributed by atoms with Gasteiger partial charge in [0.2, 0.25) is 0 Å². The van der Waals surface area contributed by atoms with E-state index in [1.54, 1.807) is 48.5 Å². The first-order valence-corrected chi connectivity index (χ1v) is 7.04. The molecule has 0 unspecified atom stereocenters. The number of ether oxygens (including phenoxy) is 1. The second-order valence-electron chi connectivity index (χ2n) is 4.54. The predicted octanol–water partition coefficient (Wildman–Crippen LogP) is 2.06. The molecule has 0 saturated heterocycles. The zero-order chi connectivity index (χ0) is 15.9. The monoisotopic (exact) mass is 320 g/mol. The fraction of sp³-hybridized carbons (Fsp3) is 0.188. The quantitative estimate of drug-likeness (QED) is 0.884. The Kier molecular flexibility index (Phi) is 5.63. The number of hydrogen-bond donors (Lipinski definition) is 1. The first kappa shape index (κ1) is 16.1. The number of halogens is 1. The third kappa shape index (κ3) is 4.38. The van der Waals surface area contributed by atoms with Crippen molar-refractivity contribution < 1.29 is 19.7 Å². The number of carbonyl (C=O) groups is 1. The Morgan fingerprint density at radius 1 is 1.14 bits per heavy atom. The van der Waals surface area contributed by atoms with Crippen molar-refractivity contribution in [3.8, 4) is 5.75 Å². The lowest BCUT2D eigenvalue weighted by Crippen LogP contribution is -2.43. The molecule has 6 heteroatoms. The predicted molar refractivity (Wildman–Crippen MR) is 82.1 cm³/mol. The highest BCUT2D eigenvalue weighted by Crippen LogP contribution is 2.18. The molecule has 2 rings (SSSR count). The van der Waals surface area contributed by atoms with Crippen molar-refractivity contribution in [2.24, 2.45) is 0 Å². The molecule has 0 aliphatic heterocycles. The van der Waals surface area contributed by atoms with Gasteiger partial charge in [0.05, 0.1) is 13.2 Å². The van der Waals surface area contributed by atoms with Crippen LogP contribution in [0.2, 0.25) is 5.02 Å². The Morgan fingerprint density at radius 3 is 2.32 bits per heavy atom. The summed E-state index contributed by atoms with van der Waals surface area (Å²) in [5.74, 6) is 0.603. The topological polar surface area (TPSA) is 72.8 Å². The molecule has 0 spiro atoms. The molecule has 0 aromatic heterocycles. The van der Waals surface area contributed by atoms with Crippen LogP contribution in [-0.2, 0) is 6.61 Å². The summed E-state index contributed by atoms with van der Waals surface area (Å²) < 4.78 is 5.49. The van der Waals surface area contributed by atoms with E-state index in [1.165, 1.54) is 0 Å². The highest BCUT2D eigenvalue weighted by Gasteiger charge is 2.08. The highest BCUT2D eigenvalue weighted by molar-refractivity contribution is 6.30. The summed E-state index contributed by atoms with van der Waals surface area (Å²) in [6, 6.07) is 13.4. The van der Waals surface area contributed by atoms with Gasteiger partial charge >= 0.3 is 0 Å². The minimum Gasteiger partial charge on any atom is -0.530 e. The van der Waals surface area contributed by atoms with Gasteiger partial charge in [0.15, 0.2) is 0 Å². The number of hydrogen-bond acceptors (Lipinski definition) is 4. The minimum absolute atomic E-state index is 0.0324. The number of anilines is 1. The van der Waals surface area contributed by atoms with Crippen molar-refractivity contribution in [3.05, 3.63) is 59.1 Å². The molecule has 0 fully saturated rings. The van der Waals surface area contributed by atoms with Crippen molar-refractivity contribution in [1.82, 2.24) is 0 Å². The van der Waals surface area contributed by atoms with E-state index in [2.05, 4.69) is 0 Å². The maximum atomic E-state index is 11.2. The molecule has 0 bridgehead atoms. The zero-order valence-electron chi connectivity index (χ0n) is 11.7. The van der Waals surface area contributed by atoms with Gasteiger partial charge in [-0.05, 0) is 42.0 Å². The van der Waals surface area contributed by atoms with E-state index in [1.807, 2.05) is 0 Å². The molecule has 0 aliphatic carbocycles. The van der Waals surface area contributed by atoms with Gasteiger partial charge in [0.25, 0.3) is 0 Å². The van der Waals surface area contributed by atoms with Crippen LogP contribution in [0.4, 0.5) is 10.5 Å². The Hall–Kier alpha value is -2.24. The summed E-state index contributed by atoms with van der Waals surface area (Å²) in [5.41, 5.74) is 1.26. The van der Waals surface area contributed by atoms with Crippen molar-refractivity contribution in [2.75, 3.05) is 18.1 Å². The van der Waals surface area contributed by atoms with E-state index >= 15 is 0 Å². The molecule has 0 aliphatic rings. The third-order valence-electron chi connectivity index (χ3n) is 3.05. The number of amides is 1. The van der Waals surface area contributed by atoms with E-state index < -0.39 is 6.09 Å². The zero-order valence-corrected chi connectivity index (χ0v) is 12.5. The Labute approximate surface area is 133 Å². The fourth-order valence-electron chi connectivity index (χ4n) is 1.89. The standard InChI is InChI=1S/C16H16ClNO4/c17-13-3-5-14(6-4-13)18(16(20)21)9-10-22-15-7-1-12(11-19)2-8-15/h1-8,19H,9-11H2,(H,20,21)/p-1. The number of benzene rings is 2. The highest BCUT2D eigenvalue weighted by atomic mass is 35.5. The fourth-order valence-corrected chi connectivity index (χ4v) is 2.02. The lowest BCUT2D eigenvalue weighted by Gasteiger charge is -2.25. The average Bonchev–Trinajstić information content (AvgIpc) is 2.53. The number of rotatable bonds is 6. The molecule has 0 saturated carbocycles. The van der Waals surface area contributed by atoms with E-state index in [0.29, 0.717) is 16.5 Å². The lowest BCUT2D eigenvalue weighted by molar-refractivity contribution is -0.246. The maximum Gasteiger partial charge on any atom is 0.141 e. The normalized spacial score (nSPS) is 10.3. The summed E-state index contributed by atoms with van der Waals surface area (Å²) >= 11 is 5.78. The molecule has 1 N–H and O–H groups in total.